The van der Waals surface area contributed by atoms with E-state index in [4.69, 9.17) is 5.73 Å². The van der Waals surface area contributed by atoms with E-state index in [1.165, 1.54) is 63.3 Å². The van der Waals surface area contributed by atoms with Gasteiger partial charge in [-0.3, -0.25) is 19.1 Å². The molecule has 0 radical (unpaired) electrons. The van der Waals surface area contributed by atoms with Crippen molar-refractivity contribution in [1.82, 2.24) is 10.2 Å². The summed E-state index contributed by atoms with van der Waals surface area (Å²) in [5.74, 6) is -0.293. The Balaban J connectivity index is 2.17. The van der Waals surface area contributed by atoms with Crippen molar-refractivity contribution in [1.29, 1.82) is 0 Å². The number of hydrogen-bond donors (Lipinski definition) is 4. The predicted molar refractivity (Wildman–Crippen MR) is 135 cm³/mol. The summed E-state index contributed by atoms with van der Waals surface area (Å²) in [7, 11) is -4.39. The smallest absolute Gasteiger partial charge is 0.351 e. The monoisotopic (exact) mass is 509 g/mol. The maximum atomic E-state index is 13.5. The first-order valence-electron chi connectivity index (χ1n) is 12.6. The van der Waals surface area contributed by atoms with Gasteiger partial charge in [0.25, 0.3) is 5.91 Å². The van der Waals surface area contributed by atoms with Gasteiger partial charge >= 0.3 is 13.6 Å². The number of carbonyl (C=O) groups excluding carboxylic acids is 3. The number of rotatable bonds is 12. The zero-order chi connectivity index (χ0) is 26.0. The van der Waals surface area contributed by atoms with Crippen LogP contribution in [0, 0.1) is 5.92 Å². The summed E-state index contributed by atoms with van der Waals surface area (Å²) in [6, 6.07) is 3.38. The molecule has 1 saturated carbocycles. The van der Waals surface area contributed by atoms with Crippen LogP contribution in [-0.2, 0) is 20.6 Å². The molecule has 1 aliphatic rings. The molecule has 1 aliphatic carbocycles. The van der Waals surface area contributed by atoms with Gasteiger partial charge in [0.15, 0.2) is 0 Å². The van der Waals surface area contributed by atoms with E-state index in [0.29, 0.717) is 24.3 Å². The molecule has 0 saturated heterocycles. The van der Waals surface area contributed by atoms with Gasteiger partial charge in [0.2, 0.25) is 5.91 Å². The number of benzene rings is 1. The van der Waals surface area contributed by atoms with E-state index < -0.39 is 31.5 Å². The summed E-state index contributed by atoms with van der Waals surface area (Å²) < 4.78 is 11.4. The van der Waals surface area contributed by atoms with E-state index in [0.717, 1.165) is 24.2 Å². The molecule has 35 heavy (non-hydrogen) atoms. The number of amides is 4. The lowest BCUT2D eigenvalue weighted by Gasteiger charge is -2.32. The van der Waals surface area contributed by atoms with Crippen LogP contribution in [0.25, 0.3) is 0 Å². The Bertz CT molecular complexity index is 895. The van der Waals surface area contributed by atoms with Crippen LogP contribution in [0.15, 0.2) is 24.3 Å². The zero-order valence-electron chi connectivity index (χ0n) is 20.8. The summed E-state index contributed by atoms with van der Waals surface area (Å²) in [5.41, 5.74) is 6.27. The molecule has 0 aliphatic heterocycles. The summed E-state index contributed by atoms with van der Waals surface area (Å²) in [5, 5.41) is 2.49. The second-order valence-electron chi connectivity index (χ2n) is 9.59. The molecule has 2 rings (SSSR count). The second-order valence-corrected chi connectivity index (χ2v) is 11.2. The normalized spacial score (nSPS) is 16.3. The van der Waals surface area contributed by atoms with Crippen molar-refractivity contribution < 1.29 is 28.7 Å². The van der Waals surface area contributed by atoms with Gasteiger partial charge in [0, 0.05) is 19.4 Å². The molecule has 0 spiro atoms. The number of primary amides is 1. The highest BCUT2D eigenvalue weighted by molar-refractivity contribution is 7.60. The van der Waals surface area contributed by atoms with E-state index in [2.05, 4.69) is 5.32 Å². The highest BCUT2D eigenvalue weighted by atomic mass is 31.2. The summed E-state index contributed by atoms with van der Waals surface area (Å²) in [6.07, 6.45) is 10.4. The highest BCUT2D eigenvalue weighted by Gasteiger charge is 2.33. The Morgan fingerprint density at radius 2 is 1.74 bits per heavy atom. The van der Waals surface area contributed by atoms with E-state index in [1.54, 1.807) is 0 Å². The number of imide groups is 1. The molecule has 4 amide bonds. The van der Waals surface area contributed by atoms with Crippen molar-refractivity contribution in [2.75, 3.05) is 0 Å². The highest BCUT2D eigenvalue weighted by Crippen LogP contribution is 2.33. The Morgan fingerprint density at radius 1 is 1.11 bits per heavy atom. The molecule has 9 nitrogen and oxygen atoms in total. The minimum atomic E-state index is -4.39. The molecule has 1 aromatic carbocycles. The van der Waals surface area contributed by atoms with E-state index in [1.807, 2.05) is 6.92 Å². The lowest BCUT2D eigenvalue weighted by molar-refractivity contribution is -0.135. The van der Waals surface area contributed by atoms with E-state index in [9.17, 15) is 28.7 Å². The molecule has 0 bridgehead atoms. The van der Waals surface area contributed by atoms with Crippen molar-refractivity contribution in [2.45, 2.75) is 96.6 Å². The maximum Gasteiger partial charge on any atom is 0.356 e. The Hall–Kier alpha value is -2.22. The third-order valence-corrected chi connectivity index (χ3v) is 7.70. The molecule has 1 fully saturated rings. The summed E-state index contributed by atoms with van der Waals surface area (Å²) in [6.45, 7) is 3.28. The van der Waals surface area contributed by atoms with Crippen LogP contribution >= 0.6 is 7.60 Å². The molecule has 2 atom stereocenters. The Morgan fingerprint density at radius 3 is 2.26 bits per heavy atom. The molecule has 5 N–H and O–H groups in total. The van der Waals surface area contributed by atoms with Crippen molar-refractivity contribution in [3.05, 3.63) is 29.8 Å². The minimum absolute atomic E-state index is 0.0601. The van der Waals surface area contributed by atoms with Gasteiger partial charge in [-0.2, -0.15) is 0 Å². The molecule has 196 valence electrons. The molecule has 10 heteroatoms. The van der Waals surface area contributed by atoms with Crippen molar-refractivity contribution in [3.8, 4) is 0 Å². The fraction of sp³-hybridized carbons (Fsp3) is 0.640. The maximum absolute atomic E-state index is 13.5. The number of nitrogens with two attached hydrogens (primary N) is 1. The number of urea groups is 1. The van der Waals surface area contributed by atoms with Crippen molar-refractivity contribution in [2.24, 2.45) is 11.7 Å². The molecule has 2 unspecified atom stereocenters. The third-order valence-electron chi connectivity index (χ3n) is 6.72. The third kappa shape index (κ3) is 9.39. The molecular formula is C25H40N3O6P. The first-order chi connectivity index (χ1) is 16.5. The standard InChI is InChI=1S/C25H40N3O6P/c1-3-8-21(12-7-11-19-9-5-4-6-10-19)28(25(26)31)24(30)23(27-18(2)29)17-20-13-15-22(16-14-20)35(32,33)34/h13-16,19,21,23H,3-12,17H2,1-2H3,(H2,26,31)(H,27,29)(H2,32,33,34). The first-order valence-corrected chi connectivity index (χ1v) is 14.2. The van der Waals surface area contributed by atoms with Crippen LogP contribution in [0.3, 0.4) is 0 Å². The molecule has 0 aromatic heterocycles. The van der Waals surface area contributed by atoms with Crippen LogP contribution < -0.4 is 16.4 Å². The topological polar surface area (TPSA) is 150 Å². The number of nitrogens with one attached hydrogen (secondary N) is 1. The SMILES string of the molecule is CCCC(CCCC1CCCCC1)N(C(N)=O)C(=O)C(Cc1ccc(P(=O)(O)O)cc1)NC(C)=O. The quantitative estimate of drug-likeness (QED) is 0.317. The van der Waals surface area contributed by atoms with Crippen molar-refractivity contribution in [3.63, 3.8) is 0 Å². The van der Waals surface area contributed by atoms with Crippen molar-refractivity contribution >= 4 is 30.7 Å². The van der Waals surface area contributed by atoms with Crippen LogP contribution in [0.2, 0.25) is 0 Å². The number of hydrogen-bond acceptors (Lipinski definition) is 4. The summed E-state index contributed by atoms with van der Waals surface area (Å²) in [4.78, 5) is 57.6. The molecule has 0 heterocycles. The Kier molecular flexibility index (Phi) is 11.4. The van der Waals surface area contributed by atoms with Crippen LogP contribution in [-0.4, -0.2) is 44.6 Å². The number of nitrogens with zero attached hydrogens (tertiary/aromatic N) is 1. The first kappa shape index (κ1) is 29.0. The van der Waals surface area contributed by atoms with Gasteiger partial charge in [0.1, 0.15) is 6.04 Å². The lowest BCUT2D eigenvalue weighted by Crippen LogP contribution is -2.56. The van der Waals surface area contributed by atoms with Gasteiger partial charge in [-0.05, 0) is 36.5 Å². The predicted octanol–water partition coefficient (Wildman–Crippen LogP) is 3.36. The zero-order valence-corrected chi connectivity index (χ0v) is 21.7. The average Bonchev–Trinajstić information content (AvgIpc) is 2.78. The van der Waals surface area contributed by atoms with Gasteiger partial charge in [-0.1, -0.05) is 70.4 Å². The van der Waals surface area contributed by atoms with Gasteiger partial charge < -0.3 is 20.8 Å². The fourth-order valence-corrected chi connectivity index (χ4v) is 5.53. The summed E-state index contributed by atoms with van der Waals surface area (Å²) >= 11 is 0. The molecule has 1 aromatic rings. The second kappa shape index (κ2) is 13.8. The number of carbonyl (C=O) groups is 3. The lowest BCUT2D eigenvalue weighted by atomic mass is 9.85. The Labute approximate surface area is 208 Å². The van der Waals surface area contributed by atoms with Crippen LogP contribution in [0.5, 0.6) is 0 Å². The minimum Gasteiger partial charge on any atom is -0.351 e. The van der Waals surface area contributed by atoms with Crippen LogP contribution in [0.1, 0.15) is 83.6 Å². The fourth-order valence-electron chi connectivity index (χ4n) is 5.00. The van der Waals surface area contributed by atoms with E-state index in [-0.39, 0.29) is 17.8 Å². The van der Waals surface area contributed by atoms with E-state index >= 15 is 0 Å². The van der Waals surface area contributed by atoms with Gasteiger partial charge in [0.05, 0.1) is 5.30 Å². The van der Waals surface area contributed by atoms with Gasteiger partial charge in [-0.15, -0.1) is 0 Å². The van der Waals surface area contributed by atoms with Crippen LogP contribution in [0.4, 0.5) is 4.79 Å². The average molecular weight is 510 g/mol. The molecular weight excluding hydrogens is 469 g/mol. The van der Waals surface area contributed by atoms with Gasteiger partial charge in [-0.25, -0.2) is 4.79 Å². The largest absolute Gasteiger partial charge is 0.356 e.